The van der Waals surface area contributed by atoms with Crippen molar-refractivity contribution in [1.29, 1.82) is 0 Å². The predicted molar refractivity (Wildman–Crippen MR) is 80.1 cm³/mol. The summed E-state index contributed by atoms with van der Waals surface area (Å²) < 4.78 is 4.93. The lowest BCUT2D eigenvalue weighted by molar-refractivity contribution is -0.307. The number of ether oxygens (including phenoxy) is 1. The zero-order valence-corrected chi connectivity index (χ0v) is 11.9. The monoisotopic (exact) mass is 313 g/mol. The maximum atomic E-state index is 11.8. The molecule has 0 aliphatic carbocycles. The van der Waals surface area contributed by atoms with Gasteiger partial charge in [-0.2, -0.15) is 5.10 Å². The van der Waals surface area contributed by atoms with E-state index in [9.17, 15) is 19.8 Å². The first-order chi connectivity index (χ1) is 11.1. The summed E-state index contributed by atoms with van der Waals surface area (Å²) in [6.07, 6.45) is 1.40. The van der Waals surface area contributed by atoms with Crippen LogP contribution in [0.15, 0.2) is 53.6 Å². The van der Waals surface area contributed by atoms with Gasteiger partial charge in [-0.3, -0.25) is 4.79 Å². The third kappa shape index (κ3) is 4.85. The van der Waals surface area contributed by atoms with Crippen molar-refractivity contribution in [1.82, 2.24) is 5.43 Å². The Balaban J connectivity index is 1.92. The van der Waals surface area contributed by atoms with Gasteiger partial charge in [0.05, 0.1) is 17.7 Å². The molecule has 0 heterocycles. The Morgan fingerprint density at radius 1 is 1.17 bits per heavy atom. The molecule has 7 heteroatoms. The number of hydrazone groups is 1. The van der Waals surface area contributed by atoms with E-state index in [1.165, 1.54) is 18.3 Å². The van der Waals surface area contributed by atoms with Crippen LogP contribution in [0, 0.1) is 0 Å². The molecule has 0 aromatic heterocycles. The summed E-state index contributed by atoms with van der Waals surface area (Å²) in [5.41, 5.74) is 3.09. The Bertz CT molecular complexity index is 726. The van der Waals surface area contributed by atoms with Gasteiger partial charge < -0.3 is 19.7 Å². The molecule has 2 aromatic carbocycles. The molecule has 0 radical (unpaired) electrons. The molecular weight excluding hydrogens is 300 g/mol. The van der Waals surface area contributed by atoms with Crippen molar-refractivity contribution in [3.8, 4) is 11.5 Å². The molecule has 23 heavy (non-hydrogen) atoms. The summed E-state index contributed by atoms with van der Waals surface area (Å²) in [5.74, 6) is -1.59. The van der Waals surface area contributed by atoms with Gasteiger partial charge in [0.2, 0.25) is 0 Å². The Labute approximate surface area is 131 Å². The van der Waals surface area contributed by atoms with E-state index in [-0.39, 0.29) is 11.3 Å². The minimum Gasteiger partial charge on any atom is -0.546 e. The Kier molecular flexibility index (Phi) is 5.30. The maximum Gasteiger partial charge on any atom is 0.275 e. The fourth-order valence-electron chi connectivity index (χ4n) is 1.68. The van der Waals surface area contributed by atoms with Crippen LogP contribution in [0.1, 0.15) is 15.9 Å². The number of hydrogen-bond donors (Lipinski definition) is 2. The summed E-state index contributed by atoms with van der Waals surface area (Å²) in [4.78, 5) is 22.1. The first-order valence-electron chi connectivity index (χ1n) is 6.60. The van der Waals surface area contributed by atoms with Crippen LogP contribution in [0.2, 0.25) is 0 Å². The highest BCUT2D eigenvalue weighted by atomic mass is 16.5. The number of para-hydroxylation sites is 1. The average molecular weight is 313 g/mol. The second kappa shape index (κ2) is 7.60. The summed E-state index contributed by atoms with van der Waals surface area (Å²) in [6.45, 7) is -0.524. The molecule has 0 atom stereocenters. The van der Waals surface area contributed by atoms with Gasteiger partial charge in [-0.25, -0.2) is 5.43 Å². The lowest BCUT2D eigenvalue weighted by Crippen LogP contribution is -2.28. The molecule has 0 saturated carbocycles. The van der Waals surface area contributed by atoms with Crippen molar-refractivity contribution in [3.63, 3.8) is 0 Å². The van der Waals surface area contributed by atoms with E-state index in [0.29, 0.717) is 11.3 Å². The van der Waals surface area contributed by atoms with Crippen molar-refractivity contribution >= 4 is 18.1 Å². The molecule has 0 aliphatic heterocycles. The van der Waals surface area contributed by atoms with Crippen LogP contribution in [0.4, 0.5) is 0 Å². The number of nitrogens with zero attached hydrogens (tertiary/aromatic N) is 1. The van der Waals surface area contributed by atoms with Crippen molar-refractivity contribution in [2.45, 2.75) is 0 Å². The van der Waals surface area contributed by atoms with E-state index in [0.717, 1.165) is 0 Å². The zero-order valence-electron chi connectivity index (χ0n) is 11.9. The smallest absolute Gasteiger partial charge is 0.275 e. The van der Waals surface area contributed by atoms with Gasteiger partial charge in [0.15, 0.2) is 0 Å². The van der Waals surface area contributed by atoms with Crippen molar-refractivity contribution in [3.05, 3.63) is 59.7 Å². The van der Waals surface area contributed by atoms with Gasteiger partial charge >= 0.3 is 0 Å². The largest absolute Gasteiger partial charge is 0.546 e. The highest BCUT2D eigenvalue weighted by Crippen LogP contribution is 2.15. The van der Waals surface area contributed by atoms with Crippen LogP contribution < -0.4 is 15.3 Å². The molecule has 0 saturated heterocycles. The van der Waals surface area contributed by atoms with E-state index in [4.69, 9.17) is 4.74 Å². The molecule has 118 valence electrons. The molecule has 0 fully saturated rings. The number of carboxylic acids is 1. The van der Waals surface area contributed by atoms with Crippen LogP contribution in [-0.4, -0.2) is 29.8 Å². The van der Waals surface area contributed by atoms with E-state index < -0.39 is 18.5 Å². The number of aromatic hydroxyl groups is 1. The van der Waals surface area contributed by atoms with Gasteiger partial charge in [-0.05, 0) is 42.0 Å². The second-order valence-corrected chi connectivity index (χ2v) is 4.45. The lowest BCUT2D eigenvalue weighted by Gasteiger charge is -2.06. The van der Waals surface area contributed by atoms with Gasteiger partial charge in [0.1, 0.15) is 18.1 Å². The quantitative estimate of drug-likeness (QED) is 0.588. The number of benzene rings is 2. The minimum atomic E-state index is -1.30. The number of aliphatic carboxylic acids is 1. The Morgan fingerprint density at radius 3 is 2.52 bits per heavy atom. The lowest BCUT2D eigenvalue weighted by atomic mass is 10.2. The number of rotatable bonds is 6. The van der Waals surface area contributed by atoms with Crippen LogP contribution in [0.25, 0.3) is 0 Å². The summed E-state index contributed by atoms with van der Waals surface area (Å²) >= 11 is 0. The SMILES string of the molecule is O=C([O-])COc1ccc(/C=N\NC(=O)c2ccccc2O)cc1. The molecule has 0 unspecified atom stereocenters. The van der Waals surface area contributed by atoms with Gasteiger partial charge in [0, 0.05) is 0 Å². The first kappa shape index (κ1) is 16.0. The topological polar surface area (TPSA) is 111 Å². The van der Waals surface area contributed by atoms with E-state index in [2.05, 4.69) is 10.5 Å². The number of phenolic OH excluding ortho intramolecular Hbond substituents is 1. The molecule has 7 nitrogen and oxygen atoms in total. The third-order valence-electron chi connectivity index (χ3n) is 2.77. The first-order valence-corrected chi connectivity index (χ1v) is 6.60. The van der Waals surface area contributed by atoms with Gasteiger partial charge in [0.25, 0.3) is 5.91 Å². The van der Waals surface area contributed by atoms with E-state index in [1.54, 1.807) is 36.4 Å². The molecule has 0 spiro atoms. The molecule has 0 bridgehead atoms. The molecule has 2 N–H and O–H groups in total. The summed E-state index contributed by atoms with van der Waals surface area (Å²) in [7, 11) is 0. The molecule has 1 amide bonds. The number of carbonyl (C=O) groups is 2. The van der Waals surface area contributed by atoms with Gasteiger partial charge in [-0.15, -0.1) is 0 Å². The number of nitrogens with one attached hydrogen (secondary N) is 1. The van der Waals surface area contributed by atoms with E-state index >= 15 is 0 Å². The summed E-state index contributed by atoms with van der Waals surface area (Å²) in [5, 5.41) is 23.6. The Hall–Kier alpha value is -3.35. The van der Waals surface area contributed by atoms with Crippen LogP contribution in [-0.2, 0) is 4.79 Å². The maximum absolute atomic E-state index is 11.8. The Morgan fingerprint density at radius 2 is 1.87 bits per heavy atom. The zero-order chi connectivity index (χ0) is 16.7. The molecule has 2 aromatic rings. The fraction of sp³-hybridized carbons (Fsp3) is 0.0625. The van der Waals surface area contributed by atoms with Gasteiger partial charge in [-0.1, -0.05) is 12.1 Å². The van der Waals surface area contributed by atoms with Crippen LogP contribution in [0.3, 0.4) is 0 Å². The normalized spacial score (nSPS) is 10.4. The fourth-order valence-corrected chi connectivity index (χ4v) is 1.68. The summed E-state index contributed by atoms with van der Waals surface area (Å²) in [6, 6.07) is 12.5. The number of phenols is 1. The second-order valence-electron chi connectivity index (χ2n) is 4.45. The number of carbonyl (C=O) groups excluding carboxylic acids is 2. The van der Waals surface area contributed by atoms with Crippen molar-refractivity contribution < 1.29 is 24.5 Å². The number of amides is 1. The number of carboxylic acid groups (broad SMARTS) is 1. The average Bonchev–Trinajstić information content (AvgIpc) is 2.54. The molecular formula is C16H13N2O5-. The van der Waals surface area contributed by atoms with Crippen molar-refractivity contribution in [2.75, 3.05) is 6.61 Å². The molecule has 0 aliphatic rings. The number of hydrogen-bond acceptors (Lipinski definition) is 6. The highest BCUT2D eigenvalue weighted by molar-refractivity contribution is 5.97. The minimum absolute atomic E-state index is 0.121. The van der Waals surface area contributed by atoms with E-state index in [1.807, 2.05) is 0 Å². The van der Waals surface area contributed by atoms with Crippen LogP contribution >= 0.6 is 0 Å². The predicted octanol–water partition coefficient (Wildman–Crippen LogP) is 0.285. The third-order valence-corrected chi connectivity index (χ3v) is 2.77. The standard InChI is InChI=1S/C16H14N2O5/c19-14-4-2-1-3-13(14)16(22)18-17-9-11-5-7-12(8-6-11)23-10-15(20)21/h1-9,19H,10H2,(H,18,22)(H,20,21)/p-1/b17-9-. The van der Waals surface area contributed by atoms with Crippen LogP contribution in [0.5, 0.6) is 11.5 Å². The van der Waals surface area contributed by atoms with Crippen molar-refractivity contribution in [2.24, 2.45) is 5.10 Å². The highest BCUT2D eigenvalue weighted by Gasteiger charge is 2.08. The molecule has 2 rings (SSSR count).